The highest BCUT2D eigenvalue weighted by atomic mass is 19.1. The summed E-state index contributed by atoms with van der Waals surface area (Å²) in [5, 5.41) is 11.5. The highest BCUT2D eigenvalue weighted by Crippen LogP contribution is 2.37. The maximum atomic E-state index is 13.0. The zero-order chi connectivity index (χ0) is 17.2. The summed E-state index contributed by atoms with van der Waals surface area (Å²) in [6.07, 6.45) is 2.18. The molecule has 1 heterocycles. The molecular formula is C20H20FN3O. The predicted octanol–water partition coefficient (Wildman–Crippen LogP) is 4.22. The maximum Gasteiger partial charge on any atom is 0.247 e. The van der Waals surface area contributed by atoms with Crippen molar-refractivity contribution < 1.29 is 8.81 Å². The van der Waals surface area contributed by atoms with Gasteiger partial charge in [-0.05, 0) is 54.2 Å². The number of nitrogens with one attached hydrogen (secondary N) is 1. The third-order valence-corrected chi connectivity index (χ3v) is 4.77. The summed E-state index contributed by atoms with van der Waals surface area (Å²) in [5.41, 5.74) is 3.37. The van der Waals surface area contributed by atoms with Crippen molar-refractivity contribution in [2.45, 2.75) is 38.3 Å². The second-order valence-electron chi connectivity index (χ2n) is 6.62. The van der Waals surface area contributed by atoms with E-state index in [1.54, 1.807) is 19.1 Å². The highest BCUT2D eigenvalue weighted by molar-refractivity contribution is 5.53. The van der Waals surface area contributed by atoms with Crippen molar-refractivity contribution in [2.24, 2.45) is 0 Å². The van der Waals surface area contributed by atoms with Gasteiger partial charge in [0, 0.05) is 25.1 Å². The monoisotopic (exact) mass is 337 g/mol. The molecule has 0 bridgehead atoms. The van der Waals surface area contributed by atoms with E-state index in [0.29, 0.717) is 23.7 Å². The van der Waals surface area contributed by atoms with E-state index in [2.05, 4.69) is 27.6 Å². The first kappa shape index (κ1) is 16.0. The molecule has 2 aromatic carbocycles. The Balaban J connectivity index is 1.32. The molecule has 0 amide bonds. The smallest absolute Gasteiger partial charge is 0.247 e. The van der Waals surface area contributed by atoms with Crippen LogP contribution in [0.15, 0.2) is 52.9 Å². The number of halogens is 1. The summed E-state index contributed by atoms with van der Waals surface area (Å²) in [6, 6.07) is 15.5. The van der Waals surface area contributed by atoms with Crippen molar-refractivity contribution in [3.63, 3.8) is 0 Å². The summed E-state index contributed by atoms with van der Waals surface area (Å²) < 4.78 is 18.5. The summed E-state index contributed by atoms with van der Waals surface area (Å²) in [7, 11) is 0. The third kappa shape index (κ3) is 3.61. The second kappa shape index (κ2) is 6.76. The van der Waals surface area contributed by atoms with Crippen LogP contribution in [0, 0.1) is 12.7 Å². The lowest BCUT2D eigenvalue weighted by molar-refractivity contribution is 0.289. The average molecular weight is 337 g/mol. The Morgan fingerprint density at radius 3 is 2.64 bits per heavy atom. The van der Waals surface area contributed by atoms with E-state index in [1.165, 1.54) is 11.1 Å². The lowest BCUT2D eigenvalue weighted by Crippen LogP contribution is -2.39. The molecule has 1 aliphatic carbocycles. The SMILES string of the molecule is Cc1nnc(-c2cccc(CNC3CC(c4ccc(F)cc4)C3)c2)o1. The number of aromatic nitrogens is 2. The van der Waals surface area contributed by atoms with E-state index in [9.17, 15) is 4.39 Å². The van der Waals surface area contributed by atoms with Crippen LogP contribution in [0.5, 0.6) is 0 Å². The van der Waals surface area contributed by atoms with Gasteiger partial charge in [0.15, 0.2) is 0 Å². The minimum Gasteiger partial charge on any atom is -0.421 e. The molecule has 0 radical (unpaired) electrons. The fourth-order valence-corrected chi connectivity index (χ4v) is 3.28. The molecule has 0 atom stereocenters. The summed E-state index contributed by atoms with van der Waals surface area (Å²) in [6.45, 7) is 2.60. The molecule has 4 rings (SSSR count). The Morgan fingerprint density at radius 2 is 1.92 bits per heavy atom. The van der Waals surface area contributed by atoms with Gasteiger partial charge in [0.1, 0.15) is 5.82 Å². The van der Waals surface area contributed by atoms with Crippen LogP contribution in [-0.2, 0) is 6.54 Å². The molecule has 1 N–H and O–H groups in total. The fraction of sp³-hybridized carbons (Fsp3) is 0.300. The molecule has 5 heteroatoms. The molecule has 1 saturated carbocycles. The normalized spacial score (nSPS) is 19.6. The van der Waals surface area contributed by atoms with E-state index < -0.39 is 0 Å². The van der Waals surface area contributed by atoms with Crippen LogP contribution in [-0.4, -0.2) is 16.2 Å². The number of hydrogen-bond donors (Lipinski definition) is 1. The van der Waals surface area contributed by atoms with Gasteiger partial charge in [-0.2, -0.15) is 0 Å². The van der Waals surface area contributed by atoms with Gasteiger partial charge in [-0.3, -0.25) is 0 Å². The second-order valence-corrected chi connectivity index (χ2v) is 6.62. The third-order valence-electron chi connectivity index (χ3n) is 4.77. The Labute approximate surface area is 146 Å². The molecule has 25 heavy (non-hydrogen) atoms. The first-order valence-electron chi connectivity index (χ1n) is 8.55. The number of rotatable bonds is 5. The minimum absolute atomic E-state index is 0.172. The number of benzene rings is 2. The summed E-state index contributed by atoms with van der Waals surface area (Å²) in [5.74, 6) is 1.49. The van der Waals surface area contributed by atoms with Crippen LogP contribution in [0.3, 0.4) is 0 Å². The fourth-order valence-electron chi connectivity index (χ4n) is 3.28. The van der Waals surface area contributed by atoms with Gasteiger partial charge in [0.2, 0.25) is 11.8 Å². The van der Waals surface area contributed by atoms with Crippen LogP contribution < -0.4 is 5.32 Å². The van der Waals surface area contributed by atoms with Gasteiger partial charge in [-0.1, -0.05) is 24.3 Å². The zero-order valence-corrected chi connectivity index (χ0v) is 14.1. The molecular weight excluding hydrogens is 317 g/mol. The number of hydrogen-bond acceptors (Lipinski definition) is 4. The Bertz CT molecular complexity index is 853. The molecule has 128 valence electrons. The topological polar surface area (TPSA) is 51.0 Å². The van der Waals surface area contributed by atoms with Gasteiger partial charge < -0.3 is 9.73 Å². The standard InChI is InChI=1S/C20H20FN3O/c1-13-23-24-20(25-13)16-4-2-3-14(9-16)12-22-19-10-17(11-19)15-5-7-18(21)8-6-15/h2-9,17,19,22H,10-12H2,1H3. The van der Waals surface area contributed by atoms with E-state index >= 15 is 0 Å². The zero-order valence-electron chi connectivity index (χ0n) is 14.1. The van der Waals surface area contributed by atoms with Crippen LogP contribution >= 0.6 is 0 Å². The van der Waals surface area contributed by atoms with Gasteiger partial charge in [-0.25, -0.2) is 4.39 Å². The largest absolute Gasteiger partial charge is 0.421 e. The molecule has 1 fully saturated rings. The Morgan fingerprint density at radius 1 is 1.12 bits per heavy atom. The van der Waals surface area contributed by atoms with Gasteiger partial charge >= 0.3 is 0 Å². The number of aryl methyl sites for hydroxylation is 1. The Hall–Kier alpha value is -2.53. The number of nitrogens with zero attached hydrogens (tertiary/aromatic N) is 2. The van der Waals surface area contributed by atoms with Crippen LogP contribution in [0.2, 0.25) is 0 Å². The van der Waals surface area contributed by atoms with Crippen molar-refractivity contribution in [3.05, 3.63) is 71.4 Å². The predicted molar refractivity (Wildman–Crippen MR) is 93.5 cm³/mol. The van der Waals surface area contributed by atoms with E-state index in [4.69, 9.17) is 4.42 Å². The minimum atomic E-state index is -0.172. The highest BCUT2D eigenvalue weighted by Gasteiger charge is 2.29. The van der Waals surface area contributed by atoms with Crippen LogP contribution in [0.1, 0.15) is 35.8 Å². The van der Waals surface area contributed by atoms with E-state index in [1.807, 2.05) is 24.3 Å². The van der Waals surface area contributed by atoms with Crippen molar-refractivity contribution in [1.82, 2.24) is 15.5 Å². The lowest BCUT2D eigenvalue weighted by Gasteiger charge is -2.36. The molecule has 0 aliphatic heterocycles. The summed E-state index contributed by atoms with van der Waals surface area (Å²) in [4.78, 5) is 0. The van der Waals surface area contributed by atoms with Crippen molar-refractivity contribution in [3.8, 4) is 11.5 Å². The van der Waals surface area contributed by atoms with E-state index in [-0.39, 0.29) is 5.82 Å². The first-order valence-corrected chi connectivity index (χ1v) is 8.55. The molecule has 0 spiro atoms. The molecule has 4 nitrogen and oxygen atoms in total. The van der Waals surface area contributed by atoms with Crippen molar-refractivity contribution in [1.29, 1.82) is 0 Å². The van der Waals surface area contributed by atoms with Gasteiger partial charge in [0.25, 0.3) is 0 Å². The first-order chi connectivity index (χ1) is 12.2. The van der Waals surface area contributed by atoms with Crippen LogP contribution in [0.25, 0.3) is 11.5 Å². The quantitative estimate of drug-likeness (QED) is 0.757. The van der Waals surface area contributed by atoms with Gasteiger partial charge in [0.05, 0.1) is 0 Å². The summed E-state index contributed by atoms with van der Waals surface area (Å²) >= 11 is 0. The van der Waals surface area contributed by atoms with Gasteiger partial charge in [-0.15, -0.1) is 10.2 Å². The molecule has 1 aromatic heterocycles. The lowest BCUT2D eigenvalue weighted by atomic mass is 9.76. The molecule has 1 aliphatic rings. The van der Waals surface area contributed by atoms with Crippen LogP contribution in [0.4, 0.5) is 4.39 Å². The molecule has 0 saturated heterocycles. The maximum absolute atomic E-state index is 13.0. The Kier molecular flexibility index (Phi) is 4.32. The van der Waals surface area contributed by atoms with Crippen molar-refractivity contribution >= 4 is 0 Å². The average Bonchev–Trinajstić information content (AvgIpc) is 3.02. The molecule has 3 aromatic rings. The van der Waals surface area contributed by atoms with E-state index in [0.717, 1.165) is 24.9 Å². The van der Waals surface area contributed by atoms with Crippen molar-refractivity contribution in [2.75, 3.05) is 0 Å². The molecule has 0 unspecified atom stereocenters.